The Morgan fingerprint density at radius 2 is 1.71 bits per heavy atom. The van der Waals surface area contributed by atoms with Crippen molar-refractivity contribution < 1.29 is 18.9 Å². The van der Waals surface area contributed by atoms with E-state index in [1.54, 1.807) is 24.3 Å². The van der Waals surface area contributed by atoms with E-state index in [1.807, 2.05) is 26.0 Å². The Balaban J connectivity index is 1.81. The second kappa shape index (κ2) is 5.44. The maximum absolute atomic E-state index is 5.89. The van der Waals surface area contributed by atoms with E-state index in [-0.39, 0.29) is 12.9 Å². The van der Waals surface area contributed by atoms with Crippen molar-refractivity contribution in [2.24, 2.45) is 0 Å². The van der Waals surface area contributed by atoms with Crippen molar-refractivity contribution in [2.45, 2.75) is 20.0 Å². The van der Waals surface area contributed by atoms with Crippen molar-refractivity contribution in [1.82, 2.24) is 0 Å². The van der Waals surface area contributed by atoms with Crippen molar-refractivity contribution in [3.05, 3.63) is 36.4 Å². The topological polar surface area (TPSA) is 62.9 Å². The van der Waals surface area contributed by atoms with Gasteiger partial charge in [-0.1, -0.05) is 0 Å². The number of nitrogen functional groups attached to an aromatic ring is 1. The van der Waals surface area contributed by atoms with Crippen LogP contribution in [0.4, 0.5) is 5.69 Å². The third kappa shape index (κ3) is 2.97. The third-order valence-electron chi connectivity index (χ3n) is 2.93. The van der Waals surface area contributed by atoms with E-state index in [1.165, 1.54) is 0 Å². The molecule has 0 amide bonds. The number of benzene rings is 2. The van der Waals surface area contributed by atoms with Gasteiger partial charge < -0.3 is 24.7 Å². The van der Waals surface area contributed by atoms with E-state index in [4.69, 9.17) is 24.7 Å². The van der Waals surface area contributed by atoms with Gasteiger partial charge in [0.25, 0.3) is 0 Å². The van der Waals surface area contributed by atoms with Gasteiger partial charge in [0.2, 0.25) is 6.79 Å². The summed E-state index contributed by atoms with van der Waals surface area (Å²) in [5, 5.41) is 0. The summed E-state index contributed by atoms with van der Waals surface area (Å²) in [6.45, 7) is 4.14. The van der Waals surface area contributed by atoms with Crippen LogP contribution >= 0.6 is 0 Å². The van der Waals surface area contributed by atoms with E-state index >= 15 is 0 Å². The van der Waals surface area contributed by atoms with Crippen molar-refractivity contribution in [2.75, 3.05) is 12.5 Å². The fourth-order valence-electron chi connectivity index (χ4n) is 2.01. The standard InChI is InChI=1S/C16H17NO4/c1-10(2)20-15-7-11(3-5-13(15)17)21-12-4-6-14-16(8-12)19-9-18-14/h3-8,10H,9,17H2,1-2H3. The number of anilines is 1. The average Bonchev–Trinajstić information content (AvgIpc) is 2.89. The van der Waals surface area contributed by atoms with Crippen LogP contribution < -0.4 is 24.7 Å². The molecule has 5 heteroatoms. The van der Waals surface area contributed by atoms with Gasteiger partial charge in [0.05, 0.1) is 11.8 Å². The summed E-state index contributed by atoms with van der Waals surface area (Å²) in [4.78, 5) is 0. The molecule has 0 radical (unpaired) electrons. The molecule has 0 unspecified atom stereocenters. The lowest BCUT2D eigenvalue weighted by Crippen LogP contribution is -2.07. The summed E-state index contributed by atoms with van der Waals surface area (Å²) in [7, 11) is 0. The van der Waals surface area contributed by atoms with E-state index in [9.17, 15) is 0 Å². The Hall–Kier alpha value is -2.56. The molecule has 5 nitrogen and oxygen atoms in total. The quantitative estimate of drug-likeness (QED) is 0.871. The van der Waals surface area contributed by atoms with Crippen LogP contribution in [0, 0.1) is 0 Å². The van der Waals surface area contributed by atoms with Crippen LogP contribution in [-0.4, -0.2) is 12.9 Å². The number of ether oxygens (including phenoxy) is 4. The number of nitrogens with two attached hydrogens (primary N) is 1. The predicted octanol–water partition coefficient (Wildman–Crippen LogP) is 3.58. The molecule has 0 spiro atoms. The Morgan fingerprint density at radius 3 is 2.52 bits per heavy atom. The van der Waals surface area contributed by atoms with Gasteiger partial charge >= 0.3 is 0 Å². The summed E-state index contributed by atoms with van der Waals surface area (Å²) in [5.74, 6) is 3.34. The van der Waals surface area contributed by atoms with E-state index in [0.29, 0.717) is 28.7 Å². The monoisotopic (exact) mass is 287 g/mol. The Labute approximate surface area is 123 Å². The molecule has 3 rings (SSSR count). The number of rotatable bonds is 4. The van der Waals surface area contributed by atoms with Crippen LogP contribution in [0.5, 0.6) is 28.7 Å². The second-order valence-corrected chi connectivity index (χ2v) is 4.98. The molecule has 0 fully saturated rings. The van der Waals surface area contributed by atoms with Gasteiger partial charge in [-0.3, -0.25) is 0 Å². The number of fused-ring (bicyclic) bond motifs is 1. The molecule has 0 aromatic heterocycles. The lowest BCUT2D eigenvalue weighted by molar-refractivity contribution is 0.174. The molecular formula is C16H17NO4. The Bertz CT molecular complexity index is 655. The van der Waals surface area contributed by atoms with Crippen LogP contribution in [-0.2, 0) is 0 Å². The molecule has 0 saturated heterocycles. The summed E-state index contributed by atoms with van der Waals surface area (Å²) in [6, 6.07) is 10.8. The first kappa shape index (κ1) is 13.4. The zero-order valence-corrected chi connectivity index (χ0v) is 12.0. The fourth-order valence-corrected chi connectivity index (χ4v) is 2.01. The van der Waals surface area contributed by atoms with Crippen LogP contribution in [0.15, 0.2) is 36.4 Å². The van der Waals surface area contributed by atoms with Crippen molar-refractivity contribution >= 4 is 5.69 Å². The summed E-state index contributed by atoms with van der Waals surface area (Å²) in [5.41, 5.74) is 6.47. The van der Waals surface area contributed by atoms with Gasteiger partial charge in [-0.15, -0.1) is 0 Å². The van der Waals surface area contributed by atoms with E-state index in [0.717, 1.165) is 5.75 Å². The number of hydrogen-bond acceptors (Lipinski definition) is 5. The Kier molecular flexibility index (Phi) is 3.48. The number of hydrogen-bond donors (Lipinski definition) is 1. The summed E-state index contributed by atoms with van der Waals surface area (Å²) >= 11 is 0. The molecule has 0 saturated carbocycles. The second-order valence-electron chi connectivity index (χ2n) is 4.98. The van der Waals surface area contributed by atoms with Crippen molar-refractivity contribution in [3.8, 4) is 28.7 Å². The normalized spacial score (nSPS) is 12.5. The minimum absolute atomic E-state index is 0.0492. The zero-order valence-electron chi connectivity index (χ0n) is 12.0. The maximum atomic E-state index is 5.89. The zero-order chi connectivity index (χ0) is 14.8. The van der Waals surface area contributed by atoms with Gasteiger partial charge in [-0.05, 0) is 38.1 Å². The van der Waals surface area contributed by atoms with Gasteiger partial charge in [0.15, 0.2) is 11.5 Å². The molecule has 0 bridgehead atoms. The predicted molar refractivity (Wildman–Crippen MR) is 79.3 cm³/mol. The molecule has 2 aromatic rings. The van der Waals surface area contributed by atoms with Gasteiger partial charge in [0, 0.05) is 12.1 Å². The minimum Gasteiger partial charge on any atom is -0.489 e. The highest BCUT2D eigenvalue weighted by molar-refractivity contribution is 5.56. The molecule has 0 atom stereocenters. The van der Waals surface area contributed by atoms with Crippen LogP contribution in [0.1, 0.15) is 13.8 Å². The molecule has 21 heavy (non-hydrogen) atoms. The van der Waals surface area contributed by atoms with Gasteiger partial charge in [-0.2, -0.15) is 0 Å². The smallest absolute Gasteiger partial charge is 0.231 e. The maximum Gasteiger partial charge on any atom is 0.231 e. The molecule has 1 aliphatic rings. The molecule has 110 valence electrons. The summed E-state index contributed by atoms with van der Waals surface area (Å²) in [6.07, 6.45) is 0.0492. The average molecular weight is 287 g/mol. The van der Waals surface area contributed by atoms with E-state index in [2.05, 4.69) is 0 Å². The molecular weight excluding hydrogens is 270 g/mol. The fraction of sp³-hybridized carbons (Fsp3) is 0.250. The lowest BCUT2D eigenvalue weighted by Gasteiger charge is -2.14. The first-order chi connectivity index (χ1) is 10.1. The van der Waals surface area contributed by atoms with Gasteiger partial charge in [-0.25, -0.2) is 0 Å². The molecule has 2 aromatic carbocycles. The van der Waals surface area contributed by atoms with Crippen molar-refractivity contribution in [1.29, 1.82) is 0 Å². The third-order valence-corrected chi connectivity index (χ3v) is 2.93. The highest BCUT2D eigenvalue weighted by atomic mass is 16.7. The van der Waals surface area contributed by atoms with Crippen molar-refractivity contribution in [3.63, 3.8) is 0 Å². The Morgan fingerprint density at radius 1 is 1.00 bits per heavy atom. The highest BCUT2D eigenvalue weighted by Gasteiger charge is 2.14. The van der Waals surface area contributed by atoms with Crippen LogP contribution in [0.25, 0.3) is 0 Å². The lowest BCUT2D eigenvalue weighted by atomic mass is 10.2. The molecule has 1 heterocycles. The first-order valence-electron chi connectivity index (χ1n) is 6.75. The first-order valence-corrected chi connectivity index (χ1v) is 6.75. The summed E-state index contributed by atoms with van der Waals surface area (Å²) < 4.78 is 22.1. The molecule has 1 aliphatic heterocycles. The van der Waals surface area contributed by atoms with Gasteiger partial charge in [0.1, 0.15) is 17.2 Å². The van der Waals surface area contributed by atoms with Crippen LogP contribution in [0.2, 0.25) is 0 Å². The van der Waals surface area contributed by atoms with E-state index < -0.39 is 0 Å². The highest BCUT2D eigenvalue weighted by Crippen LogP contribution is 2.37. The van der Waals surface area contributed by atoms with Crippen LogP contribution in [0.3, 0.4) is 0 Å². The SMILES string of the molecule is CC(C)Oc1cc(Oc2ccc3c(c2)OCO3)ccc1N. The molecule has 2 N–H and O–H groups in total. The minimum atomic E-state index is 0.0492. The molecule has 0 aliphatic carbocycles. The largest absolute Gasteiger partial charge is 0.489 e.